The molecule has 1 aliphatic carbocycles. The number of nitrogen functional groups attached to an aromatic ring is 1. The van der Waals surface area contributed by atoms with E-state index in [4.69, 9.17) is 5.73 Å². The highest BCUT2D eigenvalue weighted by Crippen LogP contribution is 2.53. The number of ketones is 1. The summed E-state index contributed by atoms with van der Waals surface area (Å²) in [6.45, 7) is 3.41. The van der Waals surface area contributed by atoms with Crippen LogP contribution in [-0.2, 0) is 19.6 Å². The summed E-state index contributed by atoms with van der Waals surface area (Å²) in [5.41, 5.74) is 0.310. The molecule has 0 fully saturated rings. The van der Waals surface area contributed by atoms with E-state index >= 15 is 0 Å². The third-order valence-electron chi connectivity index (χ3n) is 5.94. The van der Waals surface area contributed by atoms with Gasteiger partial charge < -0.3 is 5.73 Å². The smallest absolute Gasteiger partial charge is 0.399 e. The molecule has 2 aromatic rings. The van der Waals surface area contributed by atoms with Crippen LogP contribution in [0, 0.1) is 5.41 Å². The zero-order valence-electron chi connectivity index (χ0n) is 18.3. The third kappa shape index (κ3) is 3.68. The van der Waals surface area contributed by atoms with Crippen molar-refractivity contribution in [2.45, 2.75) is 43.3 Å². The summed E-state index contributed by atoms with van der Waals surface area (Å²) in [5.74, 6) is -2.53. The van der Waals surface area contributed by atoms with Gasteiger partial charge in [0.05, 0.1) is 10.5 Å². The van der Waals surface area contributed by atoms with Gasteiger partial charge in [-0.05, 0) is 48.2 Å². The van der Waals surface area contributed by atoms with Gasteiger partial charge in [-0.15, -0.1) is 0 Å². The number of benzene rings is 2. The molecule has 0 aromatic heterocycles. The van der Waals surface area contributed by atoms with Crippen LogP contribution in [0.15, 0.2) is 70.8 Å². The first kappa shape index (κ1) is 24.0. The van der Waals surface area contributed by atoms with Crippen LogP contribution >= 0.6 is 0 Å². The van der Waals surface area contributed by atoms with Gasteiger partial charge in [-0.2, -0.15) is 17.9 Å². The maximum Gasteiger partial charge on any atom is 0.421 e. The molecule has 2 aromatic carbocycles. The van der Waals surface area contributed by atoms with E-state index in [0.29, 0.717) is 0 Å². The second-order valence-electron chi connectivity index (χ2n) is 9.16. The molecule has 0 saturated carbocycles. The second kappa shape index (κ2) is 7.67. The Bertz CT molecular complexity index is 1300. The molecule has 180 valence electrons. The minimum absolute atomic E-state index is 0.0316. The van der Waals surface area contributed by atoms with E-state index in [2.05, 4.69) is 0 Å². The molecule has 0 radical (unpaired) electrons. The third-order valence-corrected chi connectivity index (χ3v) is 7.41. The van der Waals surface area contributed by atoms with Gasteiger partial charge in [0, 0.05) is 23.5 Å². The van der Waals surface area contributed by atoms with Crippen molar-refractivity contribution in [3.63, 3.8) is 0 Å². The maximum absolute atomic E-state index is 14.8. The fourth-order valence-electron chi connectivity index (χ4n) is 4.47. The summed E-state index contributed by atoms with van der Waals surface area (Å²) in [6, 6.07) is 12.0. The number of sulfonamides is 1. The van der Waals surface area contributed by atoms with Gasteiger partial charge in [0.25, 0.3) is 5.91 Å². The van der Waals surface area contributed by atoms with Crippen LogP contribution < -0.4 is 15.4 Å². The number of hydrogen-bond donors (Lipinski definition) is 2. The van der Waals surface area contributed by atoms with Crippen molar-refractivity contribution in [1.82, 2.24) is 4.72 Å². The van der Waals surface area contributed by atoms with E-state index in [1.165, 1.54) is 36.4 Å². The van der Waals surface area contributed by atoms with Crippen LogP contribution in [0.1, 0.15) is 26.7 Å². The van der Waals surface area contributed by atoms with Gasteiger partial charge in [0.15, 0.2) is 5.78 Å². The van der Waals surface area contributed by atoms with E-state index in [-0.39, 0.29) is 29.9 Å². The molecule has 7 nitrogen and oxygen atoms in total. The fourth-order valence-corrected chi connectivity index (χ4v) is 5.80. The average Bonchev–Trinajstić information content (AvgIpc) is 2.96. The Morgan fingerprint density at radius 1 is 0.971 bits per heavy atom. The number of halogens is 3. The average molecular weight is 494 g/mol. The molecule has 3 N–H and O–H groups in total. The molecule has 1 heterocycles. The number of para-hydroxylation sites is 1. The molecule has 0 saturated heterocycles. The molecule has 11 heteroatoms. The molecule has 0 spiro atoms. The number of nitrogens with one attached hydrogen (secondary N) is 1. The normalized spacial score (nSPS) is 22.8. The van der Waals surface area contributed by atoms with Crippen LogP contribution in [0.4, 0.5) is 24.5 Å². The Morgan fingerprint density at radius 2 is 1.56 bits per heavy atom. The van der Waals surface area contributed by atoms with E-state index in [0.717, 1.165) is 17.0 Å². The summed E-state index contributed by atoms with van der Waals surface area (Å²) >= 11 is 0. The molecule has 2 aliphatic rings. The first-order chi connectivity index (χ1) is 15.7. The van der Waals surface area contributed by atoms with Gasteiger partial charge in [0.1, 0.15) is 0 Å². The minimum Gasteiger partial charge on any atom is -0.399 e. The number of anilines is 2. The summed E-state index contributed by atoms with van der Waals surface area (Å²) in [5, 5.41) is 0. The lowest BCUT2D eigenvalue weighted by molar-refractivity contribution is -0.184. The summed E-state index contributed by atoms with van der Waals surface area (Å²) in [4.78, 5) is 27.1. The lowest BCUT2D eigenvalue weighted by Gasteiger charge is -2.35. The Kier molecular flexibility index (Phi) is 5.41. The van der Waals surface area contributed by atoms with Crippen molar-refractivity contribution in [2.75, 3.05) is 10.6 Å². The van der Waals surface area contributed by atoms with E-state index in [1.807, 2.05) is 0 Å². The van der Waals surface area contributed by atoms with E-state index in [9.17, 15) is 31.2 Å². The monoisotopic (exact) mass is 493 g/mol. The second-order valence-corrected chi connectivity index (χ2v) is 10.8. The van der Waals surface area contributed by atoms with Crippen molar-refractivity contribution in [2.24, 2.45) is 5.41 Å². The topological polar surface area (TPSA) is 110 Å². The number of nitrogens with two attached hydrogens (primary N) is 1. The number of hydrogen-bond acceptors (Lipinski definition) is 5. The highest BCUT2D eigenvalue weighted by molar-refractivity contribution is 7.89. The van der Waals surface area contributed by atoms with Gasteiger partial charge in [-0.3, -0.25) is 14.5 Å². The standard InChI is InChI=1S/C23H22F3N3O4S/c1-21(2)12-17-19(18(30)13-21)22(23(24,25)26,20(31)29(17)15-6-4-3-5-7-15)28-34(32,33)16-10-8-14(27)9-11-16/h3-11,28H,12-13,27H2,1-2H3/t22-/m0/s1. The number of amides is 1. The summed E-state index contributed by atoms with van der Waals surface area (Å²) in [6.07, 6.45) is -5.76. The van der Waals surface area contributed by atoms with Crippen molar-refractivity contribution in [1.29, 1.82) is 0 Å². The van der Waals surface area contributed by atoms with Crippen molar-refractivity contribution in [3.8, 4) is 0 Å². The molecule has 1 atom stereocenters. The van der Waals surface area contributed by atoms with Crippen LogP contribution in [0.5, 0.6) is 0 Å². The molecular weight excluding hydrogens is 471 g/mol. The Morgan fingerprint density at radius 3 is 2.12 bits per heavy atom. The molecule has 1 amide bonds. The largest absolute Gasteiger partial charge is 0.421 e. The zero-order valence-corrected chi connectivity index (χ0v) is 19.1. The van der Waals surface area contributed by atoms with Gasteiger partial charge >= 0.3 is 6.18 Å². The Hall–Kier alpha value is -3.18. The number of carbonyl (C=O) groups excluding carboxylic acids is 2. The Balaban J connectivity index is 1.98. The molecular formula is C23H22F3N3O4S. The molecule has 0 bridgehead atoms. The van der Waals surface area contributed by atoms with Crippen LogP contribution in [0.2, 0.25) is 0 Å². The first-order valence-corrected chi connectivity index (χ1v) is 11.8. The predicted molar refractivity (Wildman–Crippen MR) is 119 cm³/mol. The highest BCUT2D eigenvalue weighted by Gasteiger charge is 2.72. The fraction of sp³-hybridized carbons (Fsp3) is 0.304. The number of alkyl halides is 3. The zero-order chi connectivity index (χ0) is 25.1. The number of carbonyl (C=O) groups is 2. The maximum atomic E-state index is 14.8. The van der Waals surface area contributed by atoms with Crippen molar-refractivity contribution >= 4 is 33.1 Å². The SMILES string of the molecule is CC1(C)CC(=O)C2=C(C1)N(c1ccccc1)C(=O)[C@]2(NS(=O)(=O)c1ccc(N)cc1)C(F)(F)F. The lowest BCUT2D eigenvalue weighted by Crippen LogP contribution is -2.66. The number of allylic oxidation sites excluding steroid dienone is 1. The summed E-state index contributed by atoms with van der Waals surface area (Å²) in [7, 11) is -4.90. The molecule has 4 rings (SSSR count). The Labute approximate surface area is 194 Å². The highest BCUT2D eigenvalue weighted by atomic mass is 32.2. The molecule has 1 aliphatic heterocycles. The van der Waals surface area contributed by atoms with Crippen molar-refractivity contribution < 1.29 is 31.2 Å². The van der Waals surface area contributed by atoms with Crippen LogP contribution in [-0.4, -0.2) is 31.8 Å². The predicted octanol–water partition coefficient (Wildman–Crippen LogP) is 3.54. The van der Waals surface area contributed by atoms with Crippen LogP contribution in [0.25, 0.3) is 0 Å². The number of Topliss-reactive ketones (excluding diaryl/α,β-unsaturated/α-hetero) is 1. The first-order valence-electron chi connectivity index (χ1n) is 10.3. The van der Waals surface area contributed by atoms with E-state index in [1.54, 1.807) is 24.6 Å². The molecule has 0 unspecified atom stereocenters. The summed E-state index contributed by atoms with van der Waals surface area (Å²) < 4.78 is 72.2. The van der Waals surface area contributed by atoms with Crippen molar-refractivity contribution in [3.05, 3.63) is 65.9 Å². The van der Waals surface area contributed by atoms with Gasteiger partial charge in [0.2, 0.25) is 15.6 Å². The van der Waals surface area contributed by atoms with Crippen LogP contribution in [0.3, 0.4) is 0 Å². The number of rotatable bonds is 4. The van der Waals surface area contributed by atoms with Gasteiger partial charge in [-0.25, -0.2) is 8.42 Å². The minimum atomic E-state index is -5.45. The van der Waals surface area contributed by atoms with E-state index < -0.39 is 49.3 Å². The van der Waals surface area contributed by atoms with Gasteiger partial charge in [-0.1, -0.05) is 32.0 Å². The quantitative estimate of drug-likeness (QED) is 0.634. The number of nitrogens with zero attached hydrogens (tertiary/aromatic N) is 1. The molecule has 34 heavy (non-hydrogen) atoms. The lowest BCUT2D eigenvalue weighted by atomic mass is 9.72.